The highest BCUT2D eigenvalue weighted by atomic mass is 16.1. The zero-order chi connectivity index (χ0) is 34.3. The molecular weight excluding hydrogens is 625 g/mol. The van der Waals surface area contributed by atoms with E-state index in [1.165, 1.54) is 0 Å². The van der Waals surface area contributed by atoms with Crippen LogP contribution in [0.2, 0.25) is 0 Å². The summed E-state index contributed by atoms with van der Waals surface area (Å²) in [6.07, 6.45) is 7.79. The van der Waals surface area contributed by atoms with E-state index >= 15 is 0 Å². The van der Waals surface area contributed by atoms with E-state index in [4.69, 9.17) is 10.4 Å². The van der Waals surface area contributed by atoms with Crippen LogP contribution < -0.4 is 10.7 Å². The molecule has 0 saturated carbocycles. The maximum Gasteiger partial charge on any atom is 0.197 e. The smallest absolute Gasteiger partial charge is 0.197 e. The summed E-state index contributed by atoms with van der Waals surface area (Å²) >= 11 is 0. The molecule has 0 fully saturated rings. The molecular formula is C46H34N4O. The third kappa shape index (κ3) is 5.49. The summed E-state index contributed by atoms with van der Waals surface area (Å²) in [6.45, 7) is 0.430. The van der Waals surface area contributed by atoms with Gasteiger partial charge in [-0.05, 0) is 82.6 Å². The number of allylic oxidation sites excluding steroid dienone is 3. The average molecular weight is 659 g/mol. The van der Waals surface area contributed by atoms with Gasteiger partial charge in [0.05, 0.1) is 23.1 Å². The Kier molecular flexibility index (Phi) is 7.59. The Balaban J connectivity index is 1.32. The van der Waals surface area contributed by atoms with Crippen molar-refractivity contribution in [2.45, 2.75) is 19.4 Å². The average Bonchev–Trinajstić information content (AvgIpc) is 3.53. The van der Waals surface area contributed by atoms with Gasteiger partial charge in [-0.1, -0.05) is 121 Å². The van der Waals surface area contributed by atoms with Crippen molar-refractivity contribution in [1.29, 1.82) is 5.41 Å². The summed E-state index contributed by atoms with van der Waals surface area (Å²) < 4.78 is 2.25. The molecule has 5 nitrogen and oxygen atoms in total. The molecule has 8 aromatic rings. The van der Waals surface area contributed by atoms with Gasteiger partial charge in [0.25, 0.3) is 0 Å². The predicted octanol–water partition coefficient (Wildman–Crippen LogP) is 10.3. The van der Waals surface area contributed by atoms with Gasteiger partial charge in [-0.3, -0.25) is 15.2 Å². The molecule has 0 radical (unpaired) electrons. The maximum atomic E-state index is 14.7. The van der Waals surface area contributed by atoms with Crippen LogP contribution in [0, 0.1) is 5.41 Å². The topological polar surface area (TPSA) is 69.7 Å². The van der Waals surface area contributed by atoms with E-state index < -0.39 is 0 Å². The molecule has 244 valence electrons. The van der Waals surface area contributed by atoms with E-state index in [2.05, 4.69) is 101 Å². The number of nitrogens with one attached hydrogen (secondary N) is 2. The Labute approximate surface area is 295 Å². The highest BCUT2D eigenvalue weighted by Gasteiger charge is 2.21. The van der Waals surface area contributed by atoms with Gasteiger partial charge in [-0.25, -0.2) is 0 Å². The second kappa shape index (κ2) is 12.7. The maximum absolute atomic E-state index is 14.7. The van der Waals surface area contributed by atoms with E-state index in [1.54, 1.807) is 0 Å². The molecule has 0 bridgehead atoms. The van der Waals surface area contributed by atoms with Crippen LogP contribution in [0.1, 0.15) is 24.0 Å². The third-order valence-electron chi connectivity index (χ3n) is 9.92. The Morgan fingerprint density at radius 1 is 0.667 bits per heavy atom. The lowest BCUT2D eigenvalue weighted by atomic mass is 9.99. The van der Waals surface area contributed by atoms with Gasteiger partial charge in [0.15, 0.2) is 5.43 Å². The first-order valence-corrected chi connectivity index (χ1v) is 17.3. The number of aliphatic imine (C=N–C) groups is 1. The van der Waals surface area contributed by atoms with Crippen LogP contribution in [-0.2, 0) is 6.54 Å². The number of fused-ring (bicyclic) bond motifs is 5. The van der Waals surface area contributed by atoms with Crippen molar-refractivity contribution >= 4 is 49.8 Å². The monoisotopic (exact) mass is 658 g/mol. The summed E-state index contributed by atoms with van der Waals surface area (Å²) in [5.41, 5.74) is 9.83. The van der Waals surface area contributed by atoms with E-state index in [0.29, 0.717) is 29.0 Å². The molecule has 0 saturated heterocycles. The summed E-state index contributed by atoms with van der Waals surface area (Å²) in [6, 6.07) is 47.6. The fraction of sp³-hybridized carbons (Fsp3) is 0.0652. The molecule has 2 heterocycles. The second-order valence-corrected chi connectivity index (χ2v) is 13.1. The molecule has 0 spiro atoms. The van der Waals surface area contributed by atoms with Crippen LogP contribution >= 0.6 is 0 Å². The number of pyridine rings is 1. The fourth-order valence-corrected chi connectivity index (χ4v) is 7.35. The van der Waals surface area contributed by atoms with Crippen molar-refractivity contribution in [3.63, 3.8) is 0 Å². The Morgan fingerprint density at radius 3 is 1.92 bits per heavy atom. The van der Waals surface area contributed by atoms with Gasteiger partial charge in [0.1, 0.15) is 11.7 Å². The Morgan fingerprint density at radius 2 is 1.27 bits per heavy atom. The zero-order valence-corrected chi connectivity index (χ0v) is 27.9. The third-order valence-corrected chi connectivity index (χ3v) is 9.92. The van der Waals surface area contributed by atoms with E-state index in [-0.39, 0.29) is 5.43 Å². The van der Waals surface area contributed by atoms with Crippen molar-refractivity contribution in [1.82, 2.24) is 9.72 Å². The minimum atomic E-state index is -0.0224. The Hall–Kier alpha value is -6.59. The van der Waals surface area contributed by atoms with Crippen molar-refractivity contribution in [3.05, 3.63) is 185 Å². The predicted molar refractivity (Wildman–Crippen MR) is 212 cm³/mol. The van der Waals surface area contributed by atoms with Gasteiger partial charge in [-0.2, -0.15) is 0 Å². The minimum Gasteiger partial charge on any atom is -0.325 e. The van der Waals surface area contributed by atoms with Crippen molar-refractivity contribution in [2.75, 3.05) is 0 Å². The van der Waals surface area contributed by atoms with Crippen LogP contribution in [0.25, 0.3) is 60.3 Å². The van der Waals surface area contributed by atoms with Crippen LogP contribution in [-0.4, -0.2) is 16.1 Å². The van der Waals surface area contributed by atoms with Gasteiger partial charge >= 0.3 is 0 Å². The molecule has 0 amide bonds. The van der Waals surface area contributed by atoms with E-state index in [0.717, 1.165) is 79.1 Å². The minimum absolute atomic E-state index is 0.0224. The number of aromatic nitrogens is 1. The molecule has 0 atom stereocenters. The van der Waals surface area contributed by atoms with Gasteiger partial charge < -0.3 is 9.72 Å². The fourth-order valence-electron chi connectivity index (χ4n) is 7.35. The molecule has 1 aliphatic carbocycles. The standard InChI is InChI=1S/C46H34N4O/c47-45(33-19-11-4-12-20-33)49-46(48-29-30-13-5-1-6-14-30)36-27-38-37-25-34(31-15-7-2-8-16-31)21-23-41(37)50-42-24-22-35(32-17-9-3-10-18-32)26-39(42)44(51)40(28-36)43(38)50/h1-11,13-19,21-28H,12,20,29H2,(H2,47,48,49). The van der Waals surface area contributed by atoms with E-state index in [1.807, 2.05) is 66.7 Å². The molecule has 5 heteroatoms. The zero-order valence-electron chi connectivity index (χ0n) is 27.9. The highest BCUT2D eigenvalue weighted by molar-refractivity contribution is 6.22. The number of benzene rings is 6. The number of rotatable bonds is 6. The van der Waals surface area contributed by atoms with Crippen LogP contribution in [0.5, 0.6) is 0 Å². The molecule has 9 rings (SSSR count). The second-order valence-electron chi connectivity index (χ2n) is 13.1. The number of hydrogen-bond acceptors (Lipinski definition) is 3. The summed E-state index contributed by atoms with van der Waals surface area (Å²) in [5.74, 6) is 0.882. The lowest BCUT2D eigenvalue weighted by molar-refractivity contribution is 0.984. The summed E-state index contributed by atoms with van der Waals surface area (Å²) in [4.78, 5) is 19.8. The molecule has 2 aromatic heterocycles. The van der Waals surface area contributed by atoms with Gasteiger partial charge in [-0.15, -0.1) is 0 Å². The first-order chi connectivity index (χ1) is 25.1. The molecule has 6 aromatic carbocycles. The summed E-state index contributed by atoms with van der Waals surface area (Å²) in [7, 11) is 0. The lowest BCUT2D eigenvalue weighted by Gasteiger charge is -2.16. The SMILES string of the molecule is N=C(NC(=NCc1ccccc1)c1cc2c(=O)c3cc(-c4ccccc4)ccc3n3c4ccc(-c5ccccc5)cc4c(c1)c23)C1=CC=CCC1. The molecule has 1 aliphatic rings. The largest absolute Gasteiger partial charge is 0.325 e. The molecule has 0 unspecified atom stereocenters. The lowest BCUT2D eigenvalue weighted by Crippen LogP contribution is -2.32. The van der Waals surface area contributed by atoms with Crippen LogP contribution in [0.15, 0.2) is 173 Å². The number of hydrogen-bond donors (Lipinski definition) is 2. The molecule has 0 aliphatic heterocycles. The number of nitrogens with zero attached hydrogens (tertiary/aromatic N) is 2. The van der Waals surface area contributed by atoms with Crippen LogP contribution in [0.3, 0.4) is 0 Å². The van der Waals surface area contributed by atoms with Crippen molar-refractivity contribution in [2.24, 2.45) is 4.99 Å². The van der Waals surface area contributed by atoms with Gasteiger partial charge in [0.2, 0.25) is 0 Å². The van der Waals surface area contributed by atoms with Crippen LogP contribution in [0.4, 0.5) is 0 Å². The highest BCUT2D eigenvalue weighted by Crippen LogP contribution is 2.37. The molecule has 2 N–H and O–H groups in total. The summed E-state index contributed by atoms with van der Waals surface area (Å²) in [5, 5.41) is 15.7. The van der Waals surface area contributed by atoms with Crippen molar-refractivity contribution in [3.8, 4) is 22.3 Å². The number of amidine groups is 2. The van der Waals surface area contributed by atoms with E-state index in [9.17, 15) is 4.79 Å². The normalized spacial score (nSPS) is 13.3. The first kappa shape index (κ1) is 30.5. The first-order valence-electron chi connectivity index (χ1n) is 17.3. The Bertz CT molecular complexity index is 2760. The van der Waals surface area contributed by atoms with Crippen molar-refractivity contribution < 1.29 is 0 Å². The molecule has 51 heavy (non-hydrogen) atoms. The quantitative estimate of drug-likeness (QED) is 0.106. The van der Waals surface area contributed by atoms with Gasteiger partial charge in [0, 0.05) is 27.1 Å².